The molecule has 1 atom stereocenters. The smallest absolute Gasteiger partial charge is 0.127 e. The number of imidazole rings is 1. The van der Waals surface area contributed by atoms with Crippen LogP contribution in [0.25, 0.3) is 0 Å². The lowest BCUT2D eigenvalue weighted by molar-refractivity contribution is 0.376. The Morgan fingerprint density at radius 3 is 3.14 bits per heavy atom. The fourth-order valence-corrected chi connectivity index (χ4v) is 3.01. The molecule has 0 aliphatic carbocycles. The van der Waals surface area contributed by atoms with Crippen LogP contribution >= 0.6 is 15.9 Å². The molecule has 3 nitrogen and oxygen atoms in total. The number of fused-ring (bicyclic) bond motifs is 1. The summed E-state index contributed by atoms with van der Waals surface area (Å²) >= 11 is 3.52. The lowest BCUT2D eigenvalue weighted by atomic mass is 10.0. The summed E-state index contributed by atoms with van der Waals surface area (Å²) in [5, 5.41) is 0. The summed E-state index contributed by atoms with van der Waals surface area (Å²) in [7, 11) is 0. The van der Waals surface area contributed by atoms with Crippen LogP contribution in [0.5, 0.6) is 0 Å². The molecule has 0 saturated heterocycles. The second kappa shape index (κ2) is 4.03. The maximum Gasteiger partial charge on any atom is 0.127 e. The number of aromatic nitrogens is 2. The molecule has 0 aromatic carbocycles. The third kappa shape index (κ3) is 1.61. The monoisotopic (exact) mass is 257 g/mol. The molecule has 78 valence electrons. The molecule has 4 heteroatoms. The summed E-state index contributed by atoms with van der Waals surface area (Å²) in [5.74, 6) is 1.12. The van der Waals surface area contributed by atoms with Gasteiger partial charge in [0.25, 0.3) is 0 Å². The van der Waals surface area contributed by atoms with E-state index in [-0.39, 0.29) is 0 Å². The highest BCUT2D eigenvalue weighted by molar-refractivity contribution is 9.10. The largest absolute Gasteiger partial charge is 0.330 e. The van der Waals surface area contributed by atoms with E-state index >= 15 is 0 Å². The molecule has 2 heterocycles. The zero-order valence-corrected chi connectivity index (χ0v) is 10.0. The van der Waals surface area contributed by atoms with Gasteiger partial charge in [-0.05, 0) is 55.1 Å². The van der Waals surface area contributed by atoms with Crippen molar-refractivity contribution in [1.29, 1.82) is 0 Å². The van der Waals surface area contributed by atoms with Crippen molar-refractivity contribution in [3.05, 3.63) is 16.1 Å². The molecule has 0 radical (unpaired) electrons. The average Bonchev–Trinajstić information content (AvgIpc) is 2.44. The lowest BCUT2D eigenvalue weighted by Gasteiger charge is -2.26. The molecule has 0 amide bonds. The van der Waals surface area contributed by atoms with Crippen molar-refractivity contribution in [2.75, 3.05) is 6.54 Å². The predicted octanol–water partition coefficient (Wildman–Crippen LogP) is 2.18. The Balaban J connectivity index is 2.37. The van der Waals surface area contributed by atoms with Crippen molar-refractivity contribution < 1.29 is 0 Å². The number of hydrogen-bond acceptors (Lipinski definition) is 2. The molecular weight excluding hydrogens is 242 g/mol. The van der Waals surface area contributed by atoms with E-state index in [1.807, 2.05) is 0 Å². The van der Waals surface area contributed by atoms with Crippen LogP contribution in [-0.2, 0) is 6.42 Å². The first-order valence-electron chi connectivity index (χ1n) is 5.17. The van der Waals surface area contributed by atoms with Gasteiger partial charge in [0.1, 0.15) is 10.4 Å². The second-order valence-corrected chi connectivity index (χ2v) is 4.64. The van der Waals surface area contributed by atoms with Gasteiger partial charge in [0.05, 0.1) is 5.69 Å². The molecule has 0 bridgehead atoms. The van der Waals surface area contributed by atoms with Crippen LogP contribution in [0.2, 0.25) is 0 Å². The molecule has 0 fully saturated rings. The molecule has 0 saturated carbocycles. The van der Waals surface area contributed by atoms with Gasteiger partial charge in [0, 0.05) is 6.04 Å². The van der Waals surface area contributed by atoms with E-state index < -0.39 is 0 Å². The van der Waals surface area contributed by atoms with Gasteiger partial charge in [0.2, 0.25) is 0 Å². The Morgan fingerprint density at radius 2 is 2.43 bits per heavy atom. The summed E-state index contributed by atoms with van der Waals surface area (Å²) in [4.78, 5) is 4.46. The second-order valence-electron chi connectivity index (χ2n) is 3.89. The zero-order valence-electron chi connectivity index (χ0n) is 8.46. The van der Waals surface area contributed by atoms with E-state index in [9.17, 15) is 0 Å². The first-order valence-corrected chi connectivity index (χ1v) is 5.96. The van der Waals surface area contributed by atoms with E-state index in [0.29, 0.717) is 6.04 Å². The number of aryl methyl sites for hydroxylation is 1. The number of rotatable bonds is 2. The summed E-state index contributed by atoms with van der Waals surface area (Å²) in [5.41, 5.74) is 6.98. The number of hydrogen-bond donors (Lipinski definition) is 1. The zero-order chi connectivity index (χ0) is 10.1. The first-order chi connectivity index (χ1) is 6.74. The standard InChI is InChI=1S/C10H16BrN3/c1-7-13-10(11)9-4-2-3-8(5-6-12)14(7)9/h8H,2-6,12H2,1H3. The maximum atomic E-state index is 5.63. The summed E-state index contributed by atoms with van der Waals surface area (Å²) in [6.07, 6.45) is 4.71. The molecule has 2 rings (SSSR count). The maximum absolute atomic E-state index is 5.63. The van der Waals surface area contributed by atoms with Gasteiger partial charge in [-0.2, -0.15) is 0 Å². The van der Waals surface area contributed by atoms with E-state index in [2.05, 4.69) is 32.4 Å². The van der Waals surface area contributed by atoms with Crippen LogP contribution in [0.4, 0.5) is 0 Å². The quantitative estimate of drug-likeness (QED) is 0.883. The van der Waals surface area contributed by atoms with Gasteiger partial charge in [-0.25, -0.2) is 4.98 Å². The van der Waals surface area contributed by atoms with Crippen molar-refractivity contribution in [3.8, 4) is 0 Å². The fourth-order valence-electron chi connectivity index (χ4n) is 2.36. The van der Waals surface area contributed by atoms with Crippen molar-refractivity contribution in [2.24, 2.45) is 5.73 Å². The third-order valence-electron chi connectivity index (χ3n) is 2.95. The Labute approximate surface area is 92.8 Å². The van der Waals surface area contributed by atoms with E-state index in [1.165, 1.54) is 18.5 Å². The molecule has 1 aliphatic rings. The summed E-state index contributed by atoms with van der Waals surface area (Å²) in [6.45, 7) is 2.84. The van der Waals surface area contributed by atoms with Crippen molar-refractivity contribution in [3.63, 3.8) is 0 Å². The van der Waals surface area contributed by atoms with Crippen molar-refractivity contribution in [1.82, 2.24) is 9.55 Å². The fraction of sp³-hybridized carbons (Fsp3) is 0.700. The average molecular weight is 258 g/mol. The predicted molar refractivity (Wildman–Crippen MR) is 60.3 cm³/mol. The molecule has 2 N–H and O–H groups in total. The van der Waals surface area contributed by atoms with Gasteiger partial charge in [-0.3, -0.25) is 0 Å². The van der Waals surface area contributed by atoms with Crippen LogP contribution in [0.1, 0.15) is 36.8 Å². The molecule has 1 aromatic rings. The van der Waals surface area contributed by atoms with Crippen molar-refractivity contribution >= 4 is 15.9 Å². The van der Waals surface area contributed by atoms with E-state index in [0.717, 1.165) is 29.8 Å². The minimum Gasteiger partial charge on any atom is -0.330 e. The number of nitrogens with two attached hydrogens (primary N) is 1. The SMILES string of the molecule is Cc1nc(Br)c2n1C(CCN)CCC2. The van der Waals surface area contributed by atoms with Crippen molar-refractivity contribution in [2.45, 2.75) is 38.6 Å². The highest BCUT2D eigenvalue weighted by atomic mass is 79.9. The number of halogens is 1. The molecule has 1 aromatic heterocycles. The Hall–Kier alpha value is -0.350. The molecule has 1 unspecified atom stereocenters. The first kappa shape index (κ1) is 10.2. The van der Waals surface area contributed by atoms with E-state index in [4.69, 9.17) is 5.73 Å². The Kier molecular flexibility index (Phi) is 2.93. The van der Waals surface area contributed by atoms with Gasteiger partial charge in [0.15, 0.2) is 0 Å². The van der Waals surface area contributed by atoms with Gasteiger partial charge in [-0.15, -0.1) is 0 Å². The van der Waals surface area contributed by atoms with Gasteiger partial charge < -0.3 is 10.3 Å². The summed E-state index contributed by atoms with van der Waals surface area (Å²) < 4.78 is 3.39. The van der Waals surface area contributed by atoms with Crippen LogP contribution in [-0.4, -0.2) is 16.1 Å². The van der Waals surface area contributed by atoms with Crippen LogP contribution < -0.4 is 5.73 Å². The summed E-state index contributed by atoms with van der Waals surface area (Å²) in [6, 6.07) is 0.572. The minimum atomic E-state index is 0.572. The van der Waals surface area contributed by atoms with Crippen LogP contribution in [0.15, 0.2) is 4.60 Å². The molecular formula is C10H16BrN3. The molecule has 14 heavy (non-hydrogen) atoms. The Bertz CT molecular complexity index is 332. The Morgan fingerprint density at radius 1 is 1.64 bits per heavy atom. The van der Waals surface area contributed by atoms with Crippen LogP contribution in [0.3, 0.4) is 0 Å². The number of nitrogens with zero attached hydrogens (tertiary/aromatic N) is 2. The highest BCUT2D eigenvalue weighted by Gasteiger charge is 2.23. The highest BCUT2D eigenvalue weighted by Crippen LogP contribution is 2.32. The minimum absolute atomic E-state index is 0.572. The third-order valence-corrected chi connectivity index (χ3v) is 3.59. The lowest BCUT2D eigenvalue weighted by Crippen LogP contribution is -2.21. The molecule has 1 aliphatic heterocycles. The van der Waals surface area contributed by atoms with Crippen LogP contribution in [0, 0.1) is 6.92 Å². The molecule has 0 spiro atoms. The normalized spacial score (nSPS) is 20.9. The topological polar surface area (TPSA) is 43.8 Å². The van der Waals surface area contributed by atoms with E-state index in [1.54, 1.807) is 0 Å². The van der Waals surface area contributed by atoms with Gasteiger partial charge in [-0.1, -0.05) is 0 Å². The van der Waals surface area contributed by atoms with Gasteiger partial charge >= 0.3 is 0 Å².